The van der Waals surface area contributed by atoms with E-state index in [0.717, 1.165) is 10.1 Å². The summed E-state index contributed by atoms with van der Waals surface area (Å²) in [5.74, 6) is 0.0278. The van der Waals surface area contributed by atoms with Gasteiger partial charge in [0.05, 0.1) is 12.9 Å². The standard InChI is InChI=1S/C20H22N8O3/c1-25-17-16(18(30)26(2)20(25)31)27(12-21-17)10-6-9-15(29)23-19-22-13-28(24-19)11-14-7-4-3-5-8-14/h3-5,7-8,12-13H,6,9-11H2,1-2H3,(H,23,24,29). The number of hydrogen-bond acceptors (Lipinski definition) is 6. The molecule has 31 heavy (non-hydrogen) atoms. The second kappa shape index (κ2) is 8.38. The van der Waals surface area contributed by atoms with Gasteiger partial charge in [-0.3, -0.25) is 24.0 Å². The smallest absolute Gasteiger partial charge is 0.325 e. The lowest BCUT2D eigenvalue weighted by Crippen LogP contribution is -2.37. The quantitative estimate of drug-likeness (QED) is 0.463. The molecule has 4 rings (SSSR count). The van der Waals surface area contributed by atoms with Crippen LogP contribution in [0.15, 0.2) is 52.6 Å². The van der Waals surface area contributed by atoms with E-state index in [0.29, 0.717) is 30.7 Å². The van der Waals surface area contributed by atoms with E-state index in [1.807, 2.05) is 30.3 Å². The van der Waals surface area contributed by atoms with Crippen molar-refractivity contribution in [2.45, 2.75) is 25.9 Å². The Morgan fingerprint density at radius 1 is 1.03 bits per heavy atom. The van der Waals surface area contributed by atoms with E-state index in [1.54, 1.807) is 22.6 Å². The average molecular weight is 422 g/mol. The Labute approximate surface area is 176 Å². The summed E-state index contributed by atoms with van der Waals surface area (Å²) in [6.45, 7) is 0.974. The summed E-state index contributed by atoms with van der Waals surface area (Å²) >= 11 is 0. The molecule has 0 radical (unpaired) electrons. The van der Waals surface area contributed by atoms with Gasteiger partial charge in [0.25, 0.3) is 5.56 Å². The van der Waals surface area contributed by atoms with E-state index < -0.39 is 11.2 Å². The largest absolute Gasteiger partial charge is 0.332 e. The fourth-order valence-corrected chi connectivity index (χ4v) is 3.36. The van der Waals surface area contributed by atoms with Crippen molar-refractivity contribution < 1.29 is 4.79 Å². The summed E-state index contributed by atoms with van der Waals surface area (Å²) in [5.41, 5.74) is 0.910. The maximum atomic E-state index is 12.4. The average Bonchev–Trinajstić information content (AvgIpc) is 3.38. The van der Waals surface area contributed by atoms with Crippen molar-refractivity contribution in [1.29, 1.82) is 0 Å². The van der Waals surface area contributed by atoms with Gasteiger partial charge in [0.1, 0.15) is 6.33 Å². The lowest BCUT2D eigenvalue weighted by Gasteiger charge is -2.06. The molecule has 1 aromatic carbocycles. The Balaban J connectivity index is 1.35. The van der Waals surface area contributed by atoms with Gasteiger partial charge in [-0.05, 0) is 12.0 Å². The molecular formula is C20H22N8O3. The Hall–Kier alpha value is -4.02. The number of carbonyl (C=O) groups excluding carboxylic acids is 1. The number of amides is 1. The monoisotopic (exact) mass is 422 g/mol. The van der Waals surface area contributed by atoms with E-state index in [1.165, 1.54) is 17.9 Å². The molecule has 0 aliphatic rings. The van der Waals surface area contributed by atoms with Crippen molar-refractivity contribution in [1.82, 2.24) is 33.4 Å². The predicted molar refractivity (Wildman–Crippen MR) is 114 cm³/mol. The lowest BCUT2D eigenvalue weighted by molar-refractivity contribution is -0.116. The van der Waals surface area contributed by atoms with Gasteiger partial charge in [-0.1, -0.05) is 30.3 Å². The van der Waals surface area contributed by atoms with Gasteiger partial charge in [-0.25, -0.2) is 19.4 Å². The lowest BCUT2D eigenvalue weighted by atomic mass is 10.2. The van der Waals surface area contributed by atoms with Crippen LogP contribution in [0.5, 0.6) is 0 Å². The normalized spacial score (nSPS) is 11.2. The molecule has 160 valence electrons. The molecule has 0 spiro atoms. The van der Waals surface area contributed by atoms with Crippen LogP contribution in [0, 0.1) is 0 Å². The number of nitrogens with one attached hydrogen (secondary N) is 1. The van der Waals surface area contributed by atoms with Gasteiger partial charge >= 0.3 is 5.69 Å². The van der Waals surface area contributed by atoms with Crippen molar-refractivity contribution in [3.05, 3.63) is 69.4 Å². The molecule has 0 unspecified atom stereocenters. The number of carbonyl (C=O) groups is 1. The minimum absolute atomic E-state index is 0.220. The van der Waals surface area contributed by atoms with Crippen molar-refractivity contribution in [3.8, 4) is 0 Å². The SMILES string of the molecule is Cn1c(=O)c2c(ncn2CCCC(=O)Nc2ncn(Cc3ccccc3)n2)n(C)c1=O. The first kappa shape index (κ1) is 20.3. The molecule has 3 aromatic heterocycles. The highest BCUT2D eigenvalue weighted by Crippen LogP contribution is 2.08. The maximum Gasteiger partial charge on any atom is 0.332 e. The van der Waals surface area contributed by atoms with E-state index in [9.17, 15) is 14.4 Å². The fourth-order valence-electron chi connectivity index (χ4n) is 3.36. The number of imidazole rings is 1. The molecular weight excluding hydrogens is 400 g/mol. The van der Waals surface area contributed by atoms with E-state index in [4.69, 9.17) is 0 Å². The summed E-state index contributed by atoms with van der Waals surface area (Å²) in [6, 6.07) is 9.83. The van der Waals surface area contributed by atoms with Crippen LogP contribution in [0.4, 0.5) is 5.95 Å². The van der Waals surface area contributed by atoms with Gasteiger partial charge in [0.2, 0.25) is 11.9 Å². The van der Waals surface area contributed by atoms with E-state index >= 15 is 0 Å². The van der Waals surface area contributed by atoms with Crippen LogP contribution in [-0.4, -0.2) is 39.4 Å². The van der Waals surface area contributed by atoms with Crippen molar-refractivity contribution in [2.24, 2.45) is 14.1 Å². The molecule has 11 heteroatoms. The van der Waals surface area contributed by atoms with Gasteiger partial charge in [-0.2, -0.15) is 0 Å². The topological polar surface area (TPSA) is 122 Å². The zero-order chi connectivity index (χ0) is 22.0. The molecule has 0 aliphatic carbocycles. The second-order valence-electron chi connectivity index (χ2n) is 7.22. The molecule has 4 aromatic rings. The van der Waals surface area contributed by atoms with Gasteiger partial charge in [0.15, 0.2) is 11.2 Å². The van der Waals surface area contributed by atoms with Crippen LogP contribution in [0.2, 0.25) is 0 Å². The summed E-state index contributed by atoms with van der Waals surface area (Å²) < 4.78 is 5.70. The molecule has 0 fully saturated rings. The highest BCUT2D eigenvalue weighted by molar-refractivity contribution is 5.88. The minimum Gasteiger partial charge on any atom is -0.325 e. The zero-order valence-electron chi connectivity index (χ0n) is 17.2. The molecule has 3 heterocycles. The predicted octanol–water partition coefficient (Wildman–Crippen LogP) is 0.492. The Kier molecular flexibility index (Phi) is 5.48. The van der Waals surface area contributed by atoms with Gasteiger partial charge in [-0.15, -0.1) is 5.10 Å². The van der Waals surface area contributed by atoms with Crippen LogP contribution in [-0.2, 0) is 32.0 Å². The Morgan fingerprint density at radius 2 is 1.81 bits per heavy atom. The minimum atomic E-state index is -0.429. The zero-order valence-corrected chi connectivity index (χ0v) is 17.2. The first-order chi connectivity index (χ1) is 14.9. The number of anilines is 1. The number of aryl methyl sites for hydroxylation is 2. The summed E-state index contributed by atoms with van der Waals surface area (Å²) in [5, 5.41) is 6.95. The molecule has 1 amide bonds. The molecule has 0 saturated carbocycles. The van der Waals surface area contributed by atoms with Gasteiger partial charge < -0.3 is 4.57 Å². The number of benzene rings is 1. The molecule has 0 saturated heterocycles. The summed E-state index contributed by atoms with van der Waals surface area (Å²) in [4.78, 5) is 45.0. The molecule has 1 N–H and O–H groups in total. The number of hydrogen-bond donors (Lipinski definition) is 1. The van der Waals surface area contributed by atoms with Crippen LogP contribution >= 0.6 is 0 Å². The number of nitrogens with zero attached hydrogens (tertiary/aromatic N) is 7. The summed E-state index contributed by atoms with van der Waals surface area (Å²) in [6.07, 6.45) is 3.78. The van der Waals surface area contributed by atoms with E-state index in [2.05, 4.69) is 20.4 Å². The highest BCUT2D eigenvalue weighted by atomic mass is 16.2. The molecule has 0 bridgehead atoms. The third kappa shape index (κ3) is 4.15. The molecule has 0 aliphatic heterocycles. The first-order valence-corrected chi connectivity index (χ1v) is 9.78. The molecule has 11 nitrogen and oxygen atoms in total. The second-order valence-corrected chi connectivity index (χ2v) is 7.22. The highest BCUT2D eigenvalue weighted by Gasteiger charge is 2.14. The van der Waals surface area contributed by atoms with Crippen molar-refractivity contribution in [3.63, 3.8) is 0 Å². The van der Waals surface area contributed by atoms with Crippen molar-refractivity contribution in [2.75, 3.05) is 5.32 Å². The van der Waals surface area contributed by atoms with Crippen LogP contribution in [0.25, 0.3) is 11.2 Å². The third-order valence-corrected chi connectivity index (χ3v) is 5.00. The Morgan fingerprint density at radius 3 is 2.58 bits per heavy atom. The number of fused-ring (bicyclic) bond motifs is 1. The third-order valence-electron chi connectivity index (χ3n) is 5.00. The van der Waals surface area contributed by atoms with Crippen LogP contribution in [0.3, 0.4) is 0 Å². The fraction of sp³-hybridized carbons (Fsp3) is 0.300. The molecule has 0 atom stereocenters. The number of rotatable bonds is 7. The Bertz CT molecular complexity index is 1350. The van der Waals surface area contributed by atoms with Crippen LogP contribution in [0.1, 0.15) is 18.4 Å². The first-order valence-electron chi connectivity index (χ1n) is 9.78. The maximum absolute atomic E-state index is 12.4. The van der Waals surface area contributed by atoms with E-state index in [-0.39, 0.29) is 18.3 Å². The van der Waals surface area contributed by atoms with Crippen LogP contribution < -0.4 is 16.6 Å². The van der Waals surface area contributed by atoms with Gasteiger partial charge in [0, 0.05) is 27.1 Å². The summed E-state index contributed by atoms with van der Waals surface area (Å²) in [7, 11) is 3.00. The number of aromatic nitrogens is 7. The van der Waals surface area contributed by atoms with Crippen molar-refractivity contribution >= 4 is 23.0 Å².